The maximum atomic E-state index is 12.4. The maximum Gasteiger partial charge on any atom is 0.222 e. The number of benzene rings is 1. The topological polar surface area (TPSA) is 52.7 Å². The van der Waals surface area contributed by atoms with Crippen LogP contribution in [0.4, 0.5) is 5.69 Å². The van der Waals surface area contributed by atoms with Crippen molar-refractivity contribution in [1.82, 2.24) is 10.2 Å². The molecule has 0 aliphatic carbocycles. The molecule has 1 N–H and O–H groups in total. The van der Waals surface area contributed by atoms with Crippen molar-refractivity contribution in [1.29, 1.82) is 0 Å². The molecule has 1 aromatic carbocycles. The van der Waals surface area contributed by atoms with Crippen LogP contribution in [0.2, 0.25) is 0 Å². The molecule has 0 unspecified atom stereocenters. The summed E-state index contributed by atoms with van der Waals surface area (Å²) in [7, 11) is 4.05. The van der Waals surface area contributed by atoms with Crippen molar-refractivity contribution in [3.05, 3.63) is 29.8 Å². The van der Waals surface area contributed by atoms with Crippen LogP contribution < -0.4 is 10.2 Å². The predicted molar refractivity (Wildman–Crippen MR) is 95.0 cm³/mol. The first-order chi connectivity index (χ1) is 11.5. The van der Waals surface area contributed by atoms with Gasteiger partial charge in [0, 0.05) is 52.3 Å². The molecule has 5 nitrogen and oxygen atoms in total. The van der Waals surface area contributed by atoms with Crippen LogP contribution in [-0.4, -0.2) is 50.4 Å². The Balaban J connectivity index is 1.47. The Morgan fingerprint density at radius 3 is 2.42 bits per heavy atom. The molecular weight excluding hydrogens is 302 g/mol. The average molecular weight is 329 g/mol. The summed E-state index contributed by atoms with van der Waals surface area (Å²) in [6.07, 6.45) is 3.86. The molecule has 0 radical (unpaired) electrons. The van der Waals surface area contributed by atoms with Crippen LogP contribution in [0.15, 0.2) is 24.3 Å². The summed E-state index contributed by atoms with van der Waals surface area (Å²) in [5, 5.41) is 2.94. The van der Waals surface area contributed by atoms with Gasteiger partial charge in [-0.05, 0) is 42.4 Å². The fourth-order valence-corrected chi connectivity index (χ4v) is 3.71. The van der Waals surface area contributed by atoms with Gasteiger partial charge in [-0.2, -0.15) is 0 Å². The van der Waals surface area contributed by atoms with Crippen LogP contribution in [0.3, 0.4) is 0 Å². The third-order valence-corrected chi connectivity index (χ3v) is 5.45. The Hall–Kier alpha value is -2.04. The maximum absolute atomic E-state index is 12.4. The first-order valence-electron chi connectivity index (χ1n) is 8.78. The number of nitrogens with one attached hydrogen (secondary N) is 1. The largest absolute Gasteiger partial charge is 0.378 e. The highest BCUT2D eigenvalue weighted by Gasteiger charge is 2.41. The highest BCUT2D eigenvalue weighted by molar-refractivity contribution is 5.79. The molecule has 2 aliphatic heterocycles. The van der Waals surface area contributed by atoms with Crippen LogP contribution in [0.5, 0.6) is 0 Å². The van der Waals surface area contributed by atoms with E-state index in [9.17, 15) is 9.59 Å². The van der Waals surface area contributed by atoms with Crippen molar-refractivity contribution in [2.24, 2.45) is 5.41 Å². The summed E-state index contributed by atoms with van der Waals surface area (Å²) in [4.78, 5) is 28.0. The number of anilines is 1. The van der Waals surface area contributed by atoms with Gasteiger partial charge in [0.15, 0.2) is 0 Å². The first-order valence-corrected chi connectivity index (χ1v) is 8.78. The van der Waals surface area contributed by atoms with E-state index in [-0.39, 0.29) is 17.2 Å². The van der Waals surface area contributed by atoms with Crippen molar-refractivity contribution >= 4 is 17.5 Å². The second-order valence-corrected chi connectivity index (χ2v) is 7.40. The van der Waals surface area contributed by atoms with E-state index in [0.717, 1.165) is 38.9 Å². The third-order valence-electron chi connectivity index (χ3n) is 5.45. The number of rotatable bonds is 4. The van der Waals surface area contributed by atoms with Gasteiger partial charge in [-0.3, -0.25) is 9.59 Å². The molecule has 2 amide bonds. The third kappa shape index (κ3) is 3.71. The van der Waals surface area contributed by atoms with E-state index in [2.05, 4.69) is 34.5 Å². The van der Waals surface area contributed by atoms with Gasteiger partial charge >= 0.3 is 0 Å². The second-order valence-electron chi connectivity index (χ2n) is 7.40. The molecule has 24 heavy (non-hydrogen) atoms. The summed E-state index contributed by atoms with van der Waals surface area (Å²) < 4.78 is 0. The fourth-order valence-electron chi connectivity index (χ4n) is 3.71. The van der Waals surface area contributed by atoms with E-state index >= 15 is 0 Å². The highest BCUT2D eigenvalue weighted by Crippen LogP contribution is 2.37. The van der Waals surface area contributed by atoms with Crippen LogP contribution in [0, 0.1) is 5.41 Å². The zero-order chi connectivity index (χ0) is 17.2. The van der Waals surface area contributed by atoms with Gasteiger partial charge in [0.05, 0.1) is 0 Å². The zero-order valence-electron chi connectivity index (χ0n) is 14.7. The average Bonchev–Trinajstić information content (AvgIpc) is 2.94. The Morgan fingerprint density at radius 2 is 1.88 bits per heavy atom. The number of hydrogen-bond acceptors (Lipinski definition) is 3. The minimum absolute atomic E-state index is 0.107. The van der Waals surface area contributed by atoms with Crippen molar-refractivity contribution in [2.75, 3.05) is 38.6 Å². The molecule has 2 saturated heterocycles. The summed E-state index contributed by atoms with van der Waals surface area (Å²) in [6.45, 7) is 2.35. The summed E-state index contributed by atoms with van der Waals surface area (Å²) in [5.41, 5.74) is 2.48. The van der Waals surface area contributed by atoms with Gasteiger partial charge in [0.25, 0.3) is 0 Å². The highest BCUT2D eigenvalue weighted by atomic mass is 16.2. The Kier molecular flexibility index (Phi) is 4.78. The Morgan fingerprint density at radius 1 is 1.21 bits per heavy atom. The Labute approximate surface area is 144 Å². The van der Waals surface area contributed by atoms with E-state index in [1.807, 2.05) is 19.0 Å². The SMILES string of the molecule is CN(C)c1ccc(CCC(=O)N2CCC3(CC2)CNC(=O)C3)cc1. The van der Waals surface area contributed by atoms with E-state index in [0.29, 0.717) is 12.8 Å². The molecule has 0 saturated carbocycles. The molecule has 0 atom stereocenters. The molecule has 0 aromatic heterocycles. The molecular formula is C19H27N3O2. The quantitative estimate of drug-likeness (QED) is 0.917. The fraction of sp³-hybridized carbons (Fsp3) is 0.579. The summed E-state index contributed by atoms with van der Waals surface area (Å²) >= 11 is 0. The lowest BCUT2D eigenvalue weighted by Gasteiger charge is -2.38. The monoisotopic (exact) mass is 329 g/mol. The van der Waals surface area contributed by atoms with Crippen LogP contribution in [0.1, 0.15) is 31.2 Å². The number of amides is 2. The number of aryl methyl sites for hydroxylation is 1. The molecule has 2 heterocycles. The van der Waals surface area contributed by atoms with Crippen LogP contribution in [-0.2, 0) is 16.0 Å². The molecule has 1 aromatic rings. The van der Waals surface area contributed by atoms with Gasteiger partial charge in [-0.1, -0.05) is 12.1 Å². The molecule has 1 spiro atoms. The standard InChI is InChI=1S/C19H27N3O2/c1-21(2)16-6-3-15(4-7-16)5-8-18(24)22-11-9-19(10-12-22)13-17(23)20-14-19/h3-4,6-7H,5,8-14H2,1-2H3,(H,20,23). The number of likely N-dealkylation sites (tertiary alicyclic amines) is 1. The van der Waals surface area contributed by atoms with Gasteiger partial charge < -0.3 is 15.1 Å². The van der Waals surface area contributed by atoms with Gasteiger partial charge in [-0.25, -0.2) is 0 Å². The lowest BCUT2D eigenvalue weighted by atomic mass is 9.77. The van der Waals surface area contributed by atoms with Gasteiger partial charge in [-0.15, -0.1) is 0 Å². The van der Waals surface area contributed by atoms with E-state index in [4.69, 9.17) is 0 Å². The Bertz CT molecular complexity index is 602. The number of hydrogen-bond donors (Lipinski definition) is 1. The molecule has 130 valence electrons. The second kappa shape index (κ2) is 6.83. The molecule has 2 fully saturated rings. The zero-order valence-corrected chi connectivity index (χ0v) is 14.7. The van der Waals surface area contributed by atoms with E-state index in [1.54, 1.807) is 0 Å². The number of piperidine rings is 1. The van der Waals surface area contributed by atoms with Crippen molar-refractivity contribution in [2.45, 2.75) is 32.1 Å². The van der Waals surface area contributed by atoms with Crippen LogP contribution in [0.25, 0.3) is 0 Å². The van der Waals surface area contributed by atoms with E-state index < -0.39 is 0 Å². The van der Waals surface area contributed by atoms with Gasteiger partial charge in [0.1, 0.15) is 0 Å². The van der Waals surface area contributed by atoms with Crippen molar-refractivity contribution in [3.8, 4) is 0 Å². The van der Waals surface area contributed by atoms with Crippen LogP contribution >= 0.6 is 0 Å². The minimum atomic E-state index is 0.107. The molecule has 3 rings (SSSR count). The number of carbonyl (C=O) groups excluding carboxylic acids is 2. The number of nitrogens with zero attached hydrogens (tertiary/aromatic N) is 2. The lowest BCUT2D eigenvalue weighted by molar-refractivity contribution is -0.133. The summed E-state index contributed by atoms with van der Waals surface area (Å²) in [5.74, 6) is 0.398. The molecule has 0 bridgehead atoms. The molecule has 5 heteroatoms. The first kappa shape index (κ1) is 16.8. The smallest absolute Gasteiger partial charge is 0.222 e. The predicted octanol–water partition coefficient (Wildman–Crippen LogP) is 1.81. The van der Waals surface area contributed by atoms with Crippen molar-refractivity contribution < 1.29 is 9.59 Å². The van der Waals surface area contributed by atoms with E-state index in [1.165, 1.54) is 11.3 Å². The number of carbonyl (C=O) groups is 2. The van der Waals surface area contributed by atoms with Crippen molar-refractivity contribution in [3.63, 3.8) is 0 Å². The van der Waals surface area contributed by atoms with Gasteiger partial charge in [0.2, 0.25) is 11.8 Å². The normalized spacial score (nSPS) is 19.4. The minimum Gasteiger partial charge on any atom is -0.378 e. The lowest BCUT2D eigenvalue weighted by Crippen LogP contribution is -2.44. The molecule has 2 aliphatic rings. The summed E-state index contributed by atoms with van der Waals surface area (Å²) in [6, 6.07) is 8.39.